The predicted molar refractivity (Wildman–Crippen MR) is 86.2 cm³/mol. The first-order valence-electron chi connectivity index (χ1n) is 8.47. The average Bonchev–Trinajstić information content (AvgIpc) is 2.72. The third-order valence-corrected chi connectivity index (χ3v) is 4.58. The Labute approximate surface area is 124 Å². The Balaban J connectivity index is 1.70. The highest BCUT2D eigenvalue weighted by Gasteiger charge is 2.19. The molecule has 0 aromatic rings. The Morgan fingerprint density at radius 1 is 1.10 bits per heavy atom. The van der Waals surface area contributed by atoms with Gasteiger partial charge in [0.2, 0.25) is 0 Å². The molecule has 0 aromatic carbocycles. The minimum absolute atomic E-state index is 0.799. The first-order valence-corrected chi connectivity index (χ1v) is 8.47. The molecule has 1 N–H and O–H groups in total. The molecule has 0 aliphatic carbocycles. The van der Waals surface area contributed by atoms with Crippen molar-refractivity contribution in [2.75, 3.05) is 46.3 Å². The van der Waals surface area contributed by atoms with Gasteiger partial charge in [0.1, 0.15) is 0 Å². The zero-order valence-electron chi connectivity index (χ0n) is 13.4. The van der Waals surface area contributed by atoms with Crippen LogP contribution in [-0.4, -0.2) is 62.1 Å². The summed E-state index contributed by atoms with van der Waals surface area (Å²) in [4.78, 5) is 9.49. The quantitative estimate of drug-likeness (QED) is 0.635. The molecule has 0 aromatic heterocycles. The molecule has 116 valence electrons. The molecule has 0 spiro atoms. The second-order valence-electron chi connectivity index (χ2n) is 6.42. The average molecular weight is 280 g/mol. The molecule has 2 heterocycles. The van der Waals surface area contributed by atoms with Gasteiger partial charge in [0.15, 0.2) is 5.96 Å². The molecule has 2 saturated heterocycles. The molecule has 2 aliphatic heterocycles. The van der Waals surface area contributed by atoms with E-state index in [4.69, 9.17) is 0 Å². The molecule has 20 heavy (non-hydrogen) atoms. The zero-order chi connectivity index (χ0) is 14.2. The molecule has 2 aliphatic rings. The minimum Gasteiger partial charge on any atom is -0.355 e. The van der Waals surface area contributed by atoms with Gasteiger partial charge in [-0.25, -0.2) is 0 Å². The van der Waals surface area contributed by atoms with Gasteiger partial charge in [-0.1, -0.05) is 19.8 Å². The van der Waals surface area contributed by atoms with E-state index < -0.39 is 0 Å². The largest absolute Gasteiger partial charge is 0.355 e. The molecule has 0 saturated carbocycles. The topological polar surface area (TPSA) is 30.9 Å². The lowest BCUT2D eigenvalue weighted by Gasteiger charge is -2.33. The summed E-state index contributed by atoms with van der Waals surface area (Å²) in [5, 5.41) is 3.56. The summed E-state index contributed by atoms with van der Waals surface area (Å²) in [5.41, 5.74) is 0. The summed E-state index contributed by atoms with van der Waals surface area (Å²) in [6.07, 6.45) is 8.24. The van der Waals surface area contributed by atoms with Gasteiger partial charge in [-0.05, 0) is 44.7 Å². The van der Waals surface area contributed by atoms with Crippen LogP contribution in [0.25, 0.3) is 0 Å². The third kappa shape index (κ3) is 4.97. The highest BCUT2D eigenvalue weighted by atomic mass is 15.3. The highest BCUT2D eigenvalue weighted by molar-refractivity contribution is 5.79. The minimum atomic E-state index is 0.799. The number of hydrogen-bond donors (Lipinski definition) is 1. The van der Waals surface area contributed by atoms with Crippen LogP contribution in [0, 0.1) is 5.92 Å². The van der Waals surface area contributed by atoms with E-state index in [0.717, 1.165) is 38.1 Å². The second-order valence-corrected chi connectivity index (χ2v) is 6.42. The Morgan fingerprint density at radius 3 is 2.50 bits per heavy atom. The van der Waals surface area contributed by atoms with E-state index in [1.807, 2.05) is 7.05 Å². The summed E-state index contributed by atoms with van der Waals surface area (Å²) in [7, 11) is 1.91. The molecule has 4 nitrogen and oxygen atoms in total. The summed E-state index contributed by atoms with van der Waals surface area (Å²) in [6.45, 7) is 9.40. The number of aliphatic imine (C=N–C) groups is 1. The lowest BCUT2D eigenvalue weighted by Crippen LogP contribution is -2.48. The van der Waals surface area contributed by atoms with E-state index in [0.29, 0.717) is 0 Å². The van der Waals surface area contributed by atoms with Gasteiger partial charge in [0.05, 0.1) is 0 Å². The number of piperidine rings is 1. The molecular formula is C16H32N4. The van der Waals surface area contributed by atoms with Crippen molar-refractivity contribution in [2.24, 2.45) is 10.9 Å². The Hall–Kier alpha value is -0.770. The third-order valence-electron chi connectivity index (χ3n) is 4.58. The van der Waals surface area contributed by atoms with Crippen LogP contribution in [0.5, 0.6) is 0 Å². The number of hydrogen-bond acceptors (Lipinski definition) is 2. The number of nitrogens with one attached hydrogen (secondary N) is 1. The summed E-state index contributed by atoms with van der Waals surface area (Å²) < 4.78 is 0. The van der Waals surface area contributed by atoms with Crippen LogP contribution in [0.3, 0.4) is 0 Å². The lowest BCUT2D eigenvalue weighted by molar-refractivity contribution is 0.260. The van der Waals surface area contributed by atoms with Crippen molar-refractivity contribution in [2.45, 2.75) is 45.4 Å². The van der Waals surface area contributed by atoms with E-state index in [1.54, 1.807) is 0 Å². The van der Waals surface area contributed by atoms with E-state index in [-0.39, 0.29) is 0 Å². The monoisotopic (exact) mass is 280 g/mol. The fourth-order valence-corrected chi connectivity index (χ4v) is 3.40. The second kappa shape index (κ2) is 8.50. The highest BCUT2D eigenvalue weighted by Crippen LogP contribution is 2.15. The van der Waals surface area contributed by atoms with Crippen molar-refractivity contribution in [3.8, 4) is 0 Å². The van der Waals surface area contributed by atoms with Crippen molar-refractivity contribution < 1.29 is 0 Å². The first-order chi connectivity index (χ1) is 9.79. The predicted octanol–water partition coefficient (Wildman–Crippen LogP) is 2.17. The van der Waals surface area contributed by atoms with E-state index >= 15 is 0 Å². The molecule has 2 rings (SSSR count). The van der Waals surface area contributed by atoms with Crippen LogP contribution in [0.4, 0.5) is 0 Å². The fraction of sp³-hybridized carbons (Fsp3) is 0.938. The van der Waals surface area contributed by atoms with Gasteiger partial charge >= 0.3 is 0 Å². The van der Waals surface area contributed by atoms with Gasteiger partial charge in [0.25, 0.3) is 0 Å². The van der Waals surface area contributed by atoms with Crippen LogP contribution in [0.1, 0.15) is 45.4 Å². The van der Waals surface area contributed by atoms with Gasteiger partial charge in [-0.2, -0.15) is 0 Å². The van der Waals surface area contributed by atoms with E-state index in [1.165, 1.54) is 51.6 Å². The summed E-state index contributed by atoms with van der Waals surface area (Å²) >= 11 is 0. The Kier molecular flexibility index (Phi) is 6.64. The van der Waals surface area contributed by atoms with Gasteiger partial charge in [-0.15, -0.1) is 0 Å². The van der Waals surface area contributed by atoms with Crippen molar-refractivity contribution in [3.63, 3.8) is 0 Å². The zero-order valence-corrected chi connectivity index (χ0v) is 13.4. The SMILES string of the molecule is CN=C(NCCN1CCCCCC1)N1CCCC(C)C1. The summed E-state index contributed by atoms with van der Waals surface area (Å²) in [6, 6.07) is 0. The maximum atomic E-state index is 4.46. The molecule has 0 radical (unpaired) electrons. The maximum absolute atomic E-state index is 4.46. The molecule has 2 fully saturated rings. The normalized spacial score (nSPS) is 26.4. The number of nitrogens with zero attached hydrogens (tertiary/aromatic N) is 3. The fourth-order valence-electron chi connectivity index (χ4n) is 3.40. The van der Waals surface area contributed by atoms with E-state index in [9.17, 15) is 0 Å². The maximum Gasteiger partial charge on any atom is 0.193 e. The lowest BCUT2D eigenvalue weighted by atomic mass is 10.0. The van der Waals surface area contributed by atoms with Crippen molar-refractivity contribution in [1.29, 1.82) is 0 Å². The molecule has 0 bridgehead atoms. The van der Waals surface area contributed by atoms with Crippen LogP contribution in [-0.2, 0) is 0 Å². The molecule has 0 amide bonds. The molecular weight excluding hydrogens is 248 g/mol. The Bertz CT molecular complexity index is 295. The first kappa shape index (κ1) is 15.6. The van der Waals surface area contributed by atoms with Crippen molar-refractivity contribution in [1.82, 2.24) is 15.1 Å². The van der Waals surface area contributed by atoms with E-state index in [2.05, 4.69) is 27.0 Å². The molecule has 1 atom stereocenters. The van der Waals surface area contributed by atoms with Crippen molar-refractivity contribution >= 4 is 5.96 Å². The smallest absolute Gasteiger partial charge is 0.193 e. The van der Waals surface area contributed by atoms with Crippen LogP contribution in [0.2, 0.25) is 0 Å². The van der Waals surface area contributed by atoms with Gasteiger partial charge < -0.3 is 15.1 Å². The van der Waals surface area contributed by atoms with Crippen molar-refractivity contribution in [3.05, 3.63) is 0 Å². The standard InChI is InChI=1S/C16H32N4/c1-15-8-7-12-20(14-15)16(17-2)18-9-13-19-10-5-3-4-6-11-19/h15H,3-14H2,1-2H3,(H,17,18). The molecule has 1 unspecified atom stereocenters. The Morgan fingerprint density at radius 2 is 1.85 bits per heavy atom. The number of rotatable bonds is 3. The number of guanidine groups is 1. The van der Waals surface area contributed by atoms with Crippen LogP contribution < -0.4 is 5.32 Å². The van der Waals surface area contributed by atoms with Crippen LogP contribution in [0.15, 0.2) is 4.99 Å². The van der Waals surface area contributed by atoms with Gasteiger partial charge in [-0.3, -0.25) is 4.99 Å². The summed E-state index contributed by atoms with van der Waals surface area (Å²) in [5.74, 6) is 1.90. The molecule has 4 heteroatoms. The number of likely N-dealkylation sites (tertiary alicyclic amines) is 2. The van der Waals surface area contributed by atoms with Crippen LogP contribution >= 0.6 is 0 Å². The van der Waals surface area contributed by atoms with Gasteiger partial charge in [0, 0.05) is 33.2 Å².